The number of para-hydroxylation sites is 2. The number of unbranched alkanes of at least 4 members (excludes halogenated alkanes) is 2. The van der Waals surface area contributed by atoms with Crippen LogP contribution in [-0.2, 0) is 4.79 Å². The van der Waals surface area contributed by atoms with Gasteiger partial charge in [-0.05, 0) is 25.5 Å². The molecule has 1 amide bonds. The molecule has 1 rings (SSSR count). The Morgan fingerprint density at radius 2 is 1.95 bits per heavy atom. The van der Waals surface area contributed by atoms with E-state index in [1.54, 1.807) is 7.11 Å². The highest BCUT2D eigenvalue weighted by atomic mass is 16.5. The molecule has 1 aromatic rings. The van der Waals surface area contributed by atoms with Crippen LogP contribution in [0.4, 0.5) is 0 Å². The summed E-state index contributed by atoms with van der Waals surface area (Å²) in [5, 5.41) is 3.00. The number of rotatable bonds is 10. The van der Waals surface area contributed by atoms with Crippen molar-refractivity contribution in [2.24, 2.45) is 0 Å². The molecule has 1 N–H and O–H groups in total. The molecule has 0 saturated heterocycles. The van der Waals surface area contributed by atoms with Crippen LogP contribution in [-0.4, -0.2) is 25.7 Å². The van der Waals surface area contributed by atoms with Gasteiger partial charge in [0.05, 0.1) is 20.1 Å². The maximum absolute atomic E-state index is 11.8. The van der Waals surface area contributed by atoms with E-state index in [0.717, 1.165) is 12.8 Å². The average Bonchev–Trinajstić information content (AvgIpc) is 2.48. The van der Waals surface area contributed by atoms with Crippen LogP contribution >= 0.6 is 0 Å². The summed E-state index contributed by atoms with van der Waals surface area (Å²) in [4.78, 5) is 11.8. The van der Waals surface area contributed by atoms with E-state index >= 15 is 0 Å². The topological polar surface area (TPSA) is 47.6 Å². The Morgan fingerprint density at radius 3 is 2.62 bits per heavy atom. The van der Waals surface area contributed by atoms with E-state index in [1.807, 2.05) is 24.3 Å². The number of methoxy groups -OCH3 is 1. The quantitative estimate of drug-likeness (QED) is 0.671. The molecular weight excluding hydrogens is 266 g/mol. The molecule has 4 heteroatoms. The molecule has 0 aliphatic carbocycles. The first-order chi connectivity index (χ1) is 10.2. The first kappa shape index (κ1) is 17.3. The van der Waals surface area contributed by atoms with Gasteiger partial charge in [-0.25, -0.2) is 0 Å². The third-order valence-electron chi connectivity index (χ3n) is 3.30. The number of hydrogen-bond acceptors (Lipinski definition) is 3. The third kappa shape index (κ3) is 7.02. The Bertz CT molecular complexity index is 420. The van der Waals surface area contributed by atoms with E-state index in [2.05, 4.69) is 19.2 Å². The van der Waals surface area contributed by atoms with Gasteiger partial charge in [0.1, 0.15) is 0 Å². The lowest BCUT2D eigenvalue weighted by molar-refractivity contribution is -0.122. The van der Waals surface area contributed by atoms with Crippen LogP contribution in [0, 0.1) is 0 Å². The third-order valence-corrected chi connectivity index (χ3v) is 3.30. The van der Waals surface area contributed by atoms with Crippen LogP contribution in [0.15, 0.2) is 24.3 Å². The second kappa shape index (κ2) is 10.1. The Morgan fingerprint density at radius 1 is 1.24 bits per heavy atom. The summed E-state index contributed by atoms with van der Waals surface area (Å²) in [6, 6.07) is 7.68. The van der Waals surface area contributed by atoms with E-state index < -0.39 is 0 Å². The van der Waals surface area contributed by atoms with Crippen LogP contribution in [0.1, 0.15) is 46.0 Å². The summed E-state index contributed by atoms with van der Waals surface area (Å²) in [5.41, 5.74) is 0. The molecule has 0 spiro atoms. The van der Waals surface area contributed by atoms with Crippen molar-refractivity contribution >= 4 is 5.91 Å². The number of carbonyl (C=O) groups excluding carboxylic acids is 1. The van der Waals surface area contributed by atoms with Crippen LogP contribution in [0.5, 0.6) is 11.5 Å². The lowest BCUT2D eigenvalue weighted by Crippen LogP contribution is -2.33. The lowest BCUT2D eigenvalue weighted by atomic mass is 10.1. The Kier molecular flexibility index (Phi) is 8.32. The highest BCUT2D eigenvalue weighted by molar-refractivity contribution is 5.76. The van der Waals surface area contributed by atoms with Crippen molar-refractivity contribution in [1.82, 2.24) is 5.32 Å². The van der Waals surface area contributed by atoms with Gasteiger partial charge < -0.3 is 14.8 Å². The number of amides is 1. The van der Waals surface area contributed by atoms with Crippen molar-refractivity contribution in [3.63, 3.8) is 0 Å². The highest BCUT2D eigenvalue weighted by Crippen LogP contribution is 2.25. The van der Waals surface area contributed by atoms with E-state index in [9.17, 15) is 4.79 Å². The monoisotopic (exact) mass is 293 g/mol. The molecule has 0 heterocycles. The Hall–Kier alpha value is -1.71. The minimum absolute atomic E-state index is 0.0360. The summed E-state index contributed by atoms with van der Waals surface area (Å²) in [6.45, 7) is 4.58. The smallest absolute Gasteiger partial charge is 0.223 e. The normalized spacial score (nSPS) is 11.8. The molecule has 1 unspecified atom stereocenters. The Balaban J connectivity index is 2.24. The number of benzene rings is 1. The maximum atomic E-state index is 11.8. The minimum Gasteiger partial charge on any atom is -0.493 e. The second-order valence-electron chi connectivity index (χ2n) is 5.21. The molecule has 21 heavy (non-hydrogen) atoms. The molecule has 1 aromatic carbocycles. The molecule has 0 bridgehead atoms. The highest BCUT2D eigenvalue weighted by Gasteiger charge is 2.08. The predicted octanol–water partition coefficient (Wildman–Crippen LogP) is 3.55. The number of nitrogens with one attached hydrogen (secondary N) is 1. The fourth-order valence-electron chi connectivity index (χ4n) is 2.11. The minimum atomic E-state index is 0.0360. The van der Waals surface area contributed by atoms with Gasteiger partial charge in [-0.15, -0.1) is 0 Å². The molecule has 0 aliphatic heterocycles. The van der Waals surface area contributed by atoms with Gasteiger partial charge in [0, 0.05) is 6.04 Å². The van der Waals surface area contributed by atoms with Crippen LogP contribution < -0.4 is 14.8 Å². The maximum Gasteiger partial charge on any atom is 0.223 e. The first-order valence-electron chi connectivity index (χ1n) is 7.72. The molecule has 118 valence electrons. The van der Waals surface area contributed by atoms with Gasteiger partial charge in [0.15, 0.2) is 11.5 Å². The molecule has 0 aliphatic rings. The molecule has 0 radical (unpaired) electrons. The van der Waals surface area contributed by atoms with Crippen LogP contribution in [0.3, 0.4) is 0 Å². The SMILES string of the molecule is CCCCCC(C)NC(=O)CCOc1ccccc1OC. The van der Waals surface area contributed by atoms with Gasteiger partial charge in [0.2, 0.25) is 5.91 Å². The molecular formula is C17H27NO3. The van der Waals surface area contributed by atoms with E-state index in [1.165, 1.54) is 12.8 Å². The van der Waals surface area contributed by atoms with Crippen molar-refractivity contribution in [1.29, 1.82) is 0 Å². The number of ether oxygens (including phenoxy) is 2. The van der Waals surface area contributed by atoms with Gasteiger partial charge in [-0.2, -0.15) is 0 Å². The summed E-state index contributed by atoms with van der Waals surface area (Å²) in [6.07, 6.45) is 4.98. The average molecular weight is 293 g/mol. The summed E-state index contributed by atoms with van der Waals surface area (Å²) in [5.74, 6) is 1.39. The van der Waals surface area contributed by atoms with Crippen molar-refractivity contribution in [3.8, 4) is 11.5 Å². The van der Waals surface area contributed by atoms with E-state index in [4.69, 9.17) is 9.47 Å². The zero-order valence-corrected chi connectivity index (χ0v) is 13.4. The fourth-order valence-corrected chi connectivity index (χ4v) is 2.11. The van der Waals surface area contributed by atoms with Crippen LogP contribution in [0.2, 0.25) is 0 Å². The van der Waals surface area contributed by atoms with Crippen LogP contribution in [0.25, 0.3) is 0 Å². The molecule has 0 aromatic heterocycles. The van der Waals surface area contributed by atoms with Gasteiger partial charge in [-0.1, -0.05) is 38.3 Å². The molecule has 1 atom stereocenters. The van der Waals surface area contributed by atoms with Gasteiger partial charge in [-0.3, -0.25) is 4.79 Å². The summed E-state index contributed by atoms with van der Waals surface area (Å²) < 4.78 is 10.8. The predicted molar refractivity (Wildman–Crippen MR) is 84.9 cm³/mol. The van der Waals surface area contributed by atoms with Crippen molar-refractivity contribution in [2.45, 2.75) is 52.0 Å². The van der Waals surface area contributed by atoms with Crippen molar-refractivity contribution in [3.05, 3.63) is 24.3 Å². The molecule has 0 saturated carbocycles. The number of carbonyl (C=O) groups is 1. The van der Waals surface area contributed by atoms with Crippen molar-refractivity contribution < 1.29 is 14.3 Å². The lowest BCUT2D eigenvalue weighted by Gasteiger charge is -2.14. The summed E-state index contributed by atoms with van der Waals surface area (Å²) in [7, 11) is 1.60. The van der Waals surface area contributed by atoms with Gasteiger partial charge in [0.25, 0.3) is 0 Å². The van der Waals surface area contributed by atoms with Gasteiger partial charge >= 0.3 is 0 Å². The largest absolute Gasteiger partial charge is 0.493 e. The zero-order valence-electron chi connectivity index (χ0n) is 13.4. The summed E-state index contributed by atoms with van der Waals surface area (Å²) >= 11 is 0. The standard InChI is InChI=1S/C17H27NO3/c1-4-5-6-9-14(2)18-17(19)12-13-21-16-11-8-7-10-15(16)20-3/h7-8,10-11,14H,4-6,9,12-13H2,1-3H3,(H,18,19). The van der Waals surface area contributed by atoms with Crippen molar-refractivity contribution in [2.75, 3.05) is 13.7 Å². The second-order valence-corrected chi connectivity index (χ2v) is 5.21. The fraction of sp³-hybridized carbons (Fsp3) is 0.588. The Labute approximate surface area is 127 Å². The first-order valence-corrected chi connectivity index (χ1v) is 7.72. The van der Waals surface area contributed by atoms with E-state index in [-0.39, 0.29) is 11.9 Å². The number of hydrogen-bond donors (Lipinski definition) is 1. The molecule has 4 nitrogen and oxygen atoms in total. The zero-order chi connectivity index (χ0) is 15.5. The van der Waals surface area contributed by atoms with E-state index in [0.29, 0.717) is 24.5 Å². The molecule has 0 fully saturated rings.